The van der Waals surface area contributed by atoms with Crippen LogP contribution in [-0.2, 0) is 11.2 Å². The van der Waals surface area contributed by atoms with E-state index in [4.69, 9.17) is 0 Å². The molecule has 104 valence electrons. The summed E-state index contributed by atoms with van der Waals surface area (Å²) < 4.78 is 0. The van der Waals surface area contributed by atoms with E-state index in [1.54, 1.807) is 30.6 Å². The van der Waals surface area contributed by atoms with Gasteiger partial charge in [0.25, 0.3) is 0 Å². The maximum Gasteiger partial charge on any atom is 0.342 e. The molecule has 20 heavy (non-hydrogen) atoms. The van der Waals surface area contributed by atoms with Crippen LogP contribution in [0.3, 0.4) is 0 Å². The quantitative estimate of drug-likeness (QED) is 0.627. The molecular weight excluding hydrogens is 276 g/mol. The van der Waals surface area contributed by atoms with Gasteiger partial charge in [-0.3, -0.25) is 10.1 Å². The van der Waals surface area contributed by atoms with Gasteiger partial charge < -0.3 is 5.11 Å². The van der Waals surface area contributed by atoms with Gasteiger partial charge in [0.05, 0.1) is 0 Å². The molecule has 0 bridgehead atoms. The highest BCUT2D eigenvalue weighted by Gasteiger charge is 2.13. The lowest BCUT2D eigenvalue weighted by Crippen LogP contribution is -1.97. The largest absolute Gasteiger partial charge is 0.477 e. The van der Waals surface area contributed by atoms with Crippen LogP contribution in [0.4, 0.5) is 0 Å². The first-order valence-electron chi connectivity index (χ1n) is 6.13. The van der Waals surface area contributed by atoms with Gasteiger partial charge in [0, 0.05) is 18.8 Å². The number of rotatable bonds is 6. The maximum atomic E-state index is 11.3. The summed E-state index contributed by atoms with van der Waals surface area (Å²) in [4.78, 5) is 19.6. The van der Waals surface area contributed by atoms with Gasteiger partial charge in [-0.2, -0.15) is 0 Å². The maximum absolute atomic E-state index is 11.3. The van der Waals surface area contributed by atoms with Crippen molar-refractivity contribution in [2.45, 2.75) is 24.9 Å². The molecule has 0 atom stereocenters. The Morgan fingerprint density at radius 2 is 2.20 bits per heavy atom. The van der Waals surface area contributed by atoms with Crippen LogP contribution in [0.5, 0.6) is 0 Å². The van der Waals surface area contributed by atoms with E-state index in [9.17, 15) is 9.90 Å². The molecule has 0 aliphatic rings. The molecule has 0 unspecified atom stereocenters. The monoisotopic (exact) mass is 290 g/mol. The van der Waals surface area contributed by atoms with Crippen molar-refractivity contribution in [3.8, 4) is 0 Å². The fraction of sp³-hybridized carbons (Fsp3) is 0.231. The van der Waals surface area contributed by atoms with E-state index >= 15 is 0 Å². The van der Waals surface area contributed by atoms with Gasteiger partial charge in [0.2, 0.25) is 5.16 Å². The van der Waals surface area contributed by atoms with Crippen molar-refractivity contribution in [3.05, 3.63) is 40.8 Å². The highest BCUT2D eigenvalue weighted by Crippen LogP contribution is 2.25. The van der Waals surface area contributed by atoms with Crippen molar-refractivity contribution in [2.75, 3.05) is 0 Å². The van der Waals surface area contributed by atoms with E-state index in [-0.39, 0.29) is 4.91 Å². The summed E-state index contributed by atoms with van der Waals surface area (Å²) in [5.41, 5.74) is 0.772. The summed E-state index contributed by atoms with van der Waals surface area (Å²) in [6, 6.07) is 3.48. The fourth-order valence-electron chi connectivity index (χ4n) is 1.52. The minimum atomic E-state index is -1.01. The van der Waals surface area contributed by atoms with Crippen LogP contribution >= 0.6 is 11.8 Å². The van der Waals surface area contributed by atoms with Crippen molar-refractivity contribution in [1.29, 1.82) is 0 Å². The second kappa shape index (κ2) is 6.85. The van der Waals surface area contributed by atoms with Gasteiger partial charge in [0.1, 0.15) is 10.7 Å². The van der Waals surface area contributed by atoms with Crippen LogP contribution in [-0.4, -0.2) is 31.2 Å². The molecule has 2 rings (SSSR count). The minimum absolute atomic E-state index is 0.165. The smallest absolute Gasteiger partial charge is 0.342 e. The molecular formula is C13H14N4O2S. The first kappa shape index (κ1) is 14.3. The van der Waals surface area contributed by atoms with Crippen LogP contribution in [0.15, 0.2) is 34.6 Å². The van der Waals surface area contributed by atoms with E-state index in [0.717, 1.165) is 36.0 Å². The number of thioether (sulfide) groups is 1. The van der Waals surface area contributed by atoms with Crippen LogP contribution < -0.4 is 0 Å². The highest BCUT2D eigenvalue weighted by atomic mass is 32.2. The zero-order valence-corrected chi connectivity index (χ0v) is 11.7. The predicted molar refractivity (Wildman–Crippen MR) is 76.1 cm³/mol. The van der Waals surface area contributed by atoms with Crippen LogP contribution in [0.2, 0.25) is 0 Å². The number of carboxylic acids is 1. The number of carboxylic acid groups (broad SMARTS) is 1. The number of aliphatic carboxylic acids is 1. The number of nitrogens with zero attached hydrogens (tertiary/aromatic N) is 3. The molecule has 0 aliphatic heterocycles. The topological polar surface area (TPSA) is 91.8 Å². The molecule has 0 aliphatic carbocycles. The van der Waals surface area contributed by atoms with Crippen molar-refractivity contribution < 1.29 is 9.90 Å². The highest BCUT2D eigenvalue weighted by molar-refractivity contribution is 8.04. The summed E-state index contributed by atoms with van der Waals surface area (Å²) >= 11 is 1.03. The lowest BCUT2D eigenvalue weighted by molar-refractivity contribution is -0.131. The number of aromatic nitrogens is 4. The van der Waals surface area contributed by atoms with Gasteiger partial charge in [-0.1, -0.05) is 6.92 Å². The molecule has 0 spiro atoms. The number of pyridine rings is 1. The summed E-state index contributed by atoms with van der Waals surface area (Å²) in [5.74, 6) is -0.239. The first-order valence-corrected chi connectivity index (χ1v) is 6.95. The van der Waals surface area contributed by atoms with Crippen molar-refractivity contribution in [1.82, 2.24) is 20.2 Å². The van der Waals surface area contributed by atoms with Gasteiger partial charge >= 0.3 is 5.97 Å². The molecule has 0 saturated heterocycles. The number of nitrogens with one attached hydrogen (secondary N) is 1. The molecule has 0 saturated carbocycles. The third-order valence-electron chi connectivity index (χ3n) is 2.41. The Morgan fingerprint density at radius 1 is 1.45 bits per heavy atom. The summed E-state index contributed by atoms with van der Waals surface area (Å²) in [5, 5.41) is 16.5. The Kier molecular flexibility index (Phi) is 4.89. The summed E-state index contributed by atoms with van der Waals surface area (Å²) in [6.45, 7) is 2.04. The number of aryl methyl sites for hydroxylation is 1. The van der Waals surface area contributed by atoms with Gasteiger partial charge in [-0.15, -0.1) is 5.10 Å². The third-order valence-corrected chi connectivity index (χ3v) is 3.29. The van der Waals surface area contributed by atoms with Crippen LogP contribution in [0.25, 0.3) is 6.08 Å². The molecule has 2 aromatic heterocycles. The zero-order valence-electron chi connectivity index (χ0n) is 10.9. The number of H-pyrrole nitrogens is 1. The molecule has 0 amide bonds. The van der Waals surface area contributed by atoms with Crippen molar-refractivity contribution in [3.63, 3.8) is 0 Å². The first-order chi connectivity index (χ1) is 9.69. The minimum Gasteiger partial charge on any atom is -0.477 e. The standard InChI is InChI=1S/C13H14N4O2S/c1-2-3-11-15-13(17-16-11)20-10(12(18)19)8-9-4-6-14-7-5-9/h4-8H,2-3H2,1H3,(H,18,19)(H,15,16,17)/b10-8-. The van der Waals surface area contributed by atoms with E-state index in [1.807, 2.05) is 6.92 Å². The van der Waals surface area contributed by atoms with E-state index in [2.05, 4.69) is 20.2 Å². The number of hydrogen-bond acceptors (Lipinski definition) is 5. The number of carbonyl (C=O) groups is 1. The lowest BCUT2D eigenvalue weighted by Gasteiger charge is -1.98. The Bertz CT molecular complexity index is 610. The zero-order chi connectivity index (χ0) is 14.4. The van der Waals surface area contributed by atoms with E-state index in [0.29, 0.717) is 5.16 Å². The third kappa shape index (κ3) is 3.92. The Morgan fingerprint density at radius 3 is 2.85 bits per heavy atom. The Hall–Kier alpha value is -2.15. The van der Waals surface area contributed by atoms with Gasteiger partial charge in [-0.25, -0.2) is 9.78 Å². The molecule has 0 radical (unpaired) electrons. The Balaban J connectivity index is 2.17. The average molecular weight is 290 g/mol. The van der Waals surface area contributed by atoms with Crippen LogP contribution in [0.1, 0.15) is 24.7 Å². The predicted octanol–water partition coefficient (Wildman–Crippen LogP) is 2.37. The second-order valence-corrected chi connectivity index (χ2v) is 5.02. The van der Waals surface area contributed by atoms with Crippen molar-refractivity contribution in [2.24, 2.45) is 0 Å². The second-order valence-electron chi connectivity index (χ2n) is 4.01. The van der Waals surface area contributed by atoms with E-state index < -0.39 is 5.97 Å². The molecule has 0 aromatic carbocycles. The van der Waals surface area contributed by atoms with Gasteiger partial charge in [-0.05, 0) is 42.0 Å². The summed E-state index contributed by atoms with van der Waals surface area (Å²) in [7, 11) is 0. The normalized spacial score (nSPS) is 11.6. The molecule has 7 heteroatoms. The fourth-order valence-corrected chi connectivity index (χ4v) is 2.24. The molecule has 2 aromatic rings. The summed E-state index contributed by atoms with van der Waals surface area (Å²) in [6.07, 6.45) is 6.55. The molecule has 2 heterocycles. The van der Waals surface area contributed by atoms with Gasteiger partial charge in [0.15, 0.2) is 0 Å². The lowest BCUT2D eigenvalue weighted by atomic mass is 10.2. The average Bonchev–Trinajstić information content (AvgIpc) is 2.87. The van der Waals surface area contributed by atoms with Crippen LogP contribution in [0, 0.1) is 0 Å². The Labute approximate surface area is 120 Å². The number of aromatic amines is 1. The van der Waals surface area contributed by atoms with E-state index in [1.165, 1.54) is 0 Å². The molecule has 2 N–H and O–H groups in total. The SMILES string of the molecule is CCCc1nc(S/C(=C\c2ccncc2)C(=O)O)n[nH]1. The molecule has 0 fully saturated rings. The molecule has 6 nitrogen and oxygen atoms in total. The van der Waals surface area contributed by atoms with Crippen molar-refractivity contribution >= 4 is 23.8 Å². The number of hydrogen-bond donors (Lipinski definition) is 2.